The van der Waals surface area contributed by atoms with Crippen molar-refractivity contribution in [2.24, 2.45) is 0 Å². The van der Waals surface area contributed by atoms with Gasteiger partial charge in [0.15, 0.2) is 0 Å². The molecule has 0 heterocycles. The van der Waals surface area contributed by atoms with Crippen LogP contribution in [-0.4, -0.2) is 0 Å². The second kappa shape index (κ2) is 12.3. The molecule has 0 amide bonds. The third kappa shape index (κ3) is 5.01. The molecule has 0 spiro atoms. The molecule has 0 aromatic heterocycles. The van der Waals surface area contributed by atoms with Crippen molar-refractivity contribution < 1.29 is 0 Å². The quantitative estimate of drug-likeness (QED) is 0.135. The maximum Gasteiger partial charge on any atom is 0.0998 e. The summed E-state index contributed by atoms with van der Waals surface area (Å²) in [6, 6.07) is 60.7. The van der Waals surface area contributed by atoms with Crippen molar-refractivity contribution in [2.45, 2.75) is 6.92 Å². The van der Waals surface area contributed by atoms with E-state index in [0.717, 1.165) is 27.8 Å². The van der Waals surface area contributed by atoms with E-state index >= 15 is 0 Å². The Kier molecular flexibility index (Phi) is 7.31. The van der Waals surface area contributed by atoms with E-state index < -0.39 is 0 Å². The third-order valence-corrected chi connectivity index (χ3v) is 10.4. The fourth-order valence-corrected chi connectivity index (χ4v) is 7.99. The number of hydrogen-bond acceptors (Lipinski definition) is 1. The van der Waals surface area contributed by atoms with Crippen LogP contribution in [0, 0.1) is 18.3 Å². The Hall–Kier alpha value is -6.75. The minimum Gasteiger partial charge on any atom is -0.192 e. The lowest BCUT2D eigenvalue weighted by Gasteiger charge is -2.21. The van der Waals surface area contributed by atoms with Gasteiger partial charge in [-0.1, -0.05) is 146 Å². The first kappa shape index (κ1) is 30.3. The molecular weight excluding hydrogens is 615 g/mol. The Balaban J connectivity index is 1.42. The Morgan fingerprint density at radius 2 is 0.941 bits per heavy atom. The monoisotopic (exact) mass is 647 g/mol. The van der Waals surface area contributed by atoms with Crippen molar-refractivity contribution in [3.63, 3.8) is 0 Å². The predicted octanol–water partition coefficient (Wildman–Crippen LogP) is 13.4. The zero-order valence-corrected chi connectivity index (χ0v) is 28.3. The average Bonchev–Trinajstić information content (AvgIpc) is 3.20. The first-order valence-corrected chi connectivity index (χ1v) is 17.4. The Morgan fingerprint density at radius 3 is 1.61 bits per heavy atom. The molecule has 1 heteroatoms. The lowest BCUT2D eigenvalue weighted by atomic mass is 9.82. The number of hydrogen-bond donors (Lipinski definition) is 0. The fraction of sp³-hybridized carbons (Fsp3) is 0.0200. The lowest BCUT2D eigenvalue weighted by molar-refractivity contribution is 1.45. The van der Waals surface area contributed by atoms with Gasteiger partial charge < -0.3 is 0 Å². The number of allylic oxidation sites excluding steroid dienone is 2. The molecule has 0 saturated carbocycles. The van der Waals surface area contributed by atoms with Gasteiger partial charge in [0.2, 0.25) is 0 Å². The number of fused-ring (bicyclic) bond motifs is 7. The van der Waals surface area contributed by atoms with Crippen molar-refractivity contribution in [3.8, 4) is 17.2 Å². The zero-order chi connectivity index (χ0) is 34.5. The molecular formula is C50H33N. The molecule has 0 aliphatic heterocycles. The highest BCUT2D eigenvalue weighted by atomic mass is 14.3. The molecule has 1 nitrogen and oxygen atoms in total. The molecule has 9 rings (SSSR count). The highest BCUT2D eigenvalue weighted by molar-refractivity contribution is 6.18. The van der Waals surface area contributed by atoms with Crippen LogP contribution in [0.3, 0.4) is 0 Å². The maximum atomic E-state index is 10.1. The van der Waals surface area contributed by atoms with Crippen LogP contribution in [0.5, 0.6) is 0 Å². The van der Waals surface area contributed by atoms with Crippen molar-refractivity contribution in [1.82, 2.24) is 0 Å². The SMILES string of the molecule is C=C(/C=C(\c1cc(-c2cc3ccccc3c3ccccc23)c2ccccc2c1C)c1cc2ccccc2c2ccccc12)c1ccccc1C#N. The molecule has 9 aromatic carbocycles. The van der Waals surface area contributed by atoms with Gasteiger partial charge in [-0.05, 0) is 136 Å². The van der Waals surface area contributed by atoms with E-state index in [1.165, 1.54) is 70.6 Å². The van der Waals surface area contributed by atoms with Crippen LogP contribution < -0.4 is 0 Å². The number of benzene rings is 9. The zero-order valence-electron chi connectivity index (χ0n) is 28.3. The van der Waals surface area contributed by atoms with Crippen molar-refractivity contribution >= 4 is 65.0 Å². The molecule has 0 atom stereocenters. The normalized spacial score (nSPS) is 11.8. The van der Waals surface area contributed by atoms with Crippen LogP contribution in [0.4, 0.5) is 0 Å². The highest BCUT2D eigenvalue weighted by Crippen LogP contribution is 2.44. The molecule has 0 aliphatic rings. The second-order valence-corrected chi connectivity index (χ2v) is 13.3. The van der Waals surface area contributed by atoms with E-state index in [0.29, 0.717) is 5.56 Å². The smallest absolute Gasteiger partial charge is 0.0998 e. The summed E-state index contributed by atoms with van der Waals surface area (Å²) in [6.07, 6.45) is 2.20. The molecule has 0 aliphatic carbocycles. The van der Waals surface area contributed by atoms with Gasteiger partial charge in [0.25, 0.3) is 0 Å². The largest absolute Gasteiger partial charge is 0.192 e. The summed E-state index contributed by atoms with van der Waals surface area (Å²) in [7, 11) is 0. The molecule has 0 fully saturated rings. The van der Waals surface area contributed by atoms with Crippen molar-refractivity contribution in [2.75, 3.05) is 0 Å². The molecule has 0 N–H and O–H groups in total. The first-order chi connectivity index (χ1) is 25.1. The summed E-state index contributed by atoms with van der Waals surface area (Å²) in [5.74, 6) is 0. The van der Waals surface area contributed by atoms with E-state index in [4.69, 9.17) is 0 Å². The molecule has 9 aromatic rings. The lowest BCUT2D eigenvalue weighted by Crippen LogP contribution is -1.98. The van der Waals surface area contributed by atoms with E-state index in [1.807, 2.05) is 24.3 Å². The van der Waals surface area contributed by atoms with Crippen LogP contribution in [0.1, 0.15) is 27.8 Å². The third-order valence-electron chi connectivity index (χ3n) is 10.4. The molecule has 0 radical (unpaired) electrons. The highest BCUT2D eigenvalue weighted by Gasteiger charge is 2.20. The summed E-state index contributed by atoms with van der Waals surface area (Å²) in [4.78, 5) is 0. The summed E-state index contributed by atoms with van der Waals surface area (Å²) in [5.41, 5.74) is 9.18. The topological polar surface area (TPSA) is 23.8 Å². The minimum absolute atomic E-state index is 0.611. The van der Waals surface area contributed by atoms with Gasteiger partial charge in [-0.2, -0.15) is 5.26 Å². The van der Waals surface area contributed by atoms with Crippen molar-refractivity contribution in [3.05, 3.63) is 204 Å². The van der Waals surface area contributed by atoms with Crippen LogP contribution in [-0.2, 0) is 0 Å². The number of rotatable bonds is 5. The van der Waals surface area contributed by atoms with Gasteiger partial charge in [-0.3, -0.25) is 0 Å². The van der Waals surface area contributed by atoms with Crippen molar-refractivity contribution in [1.29, 1.82) is 5.26 Å². The Bertz CT molecular complexity index is 2950. The summed E-state index contributed by atoms with van der Waals surface area (Å²) in [5, 5.41) is 22.2. The van der Waals surface area contributed by atoms with Crippen LogP contribution in [0.25, 0.3) is 76.1 Å². The Labute approximate surface area is 297 Å². The molecule has 51 heavy (non-hydrogen) atoms. The number of aryl methyl sites for hydroxylation is 1. The van der Waals surface area contributed by atoms with E-state index in [9.17, 15) is 5.26 Å². The van der Waals surface area contributed by atoms with Crippen LogP contribution >= 0.6 is 0 Å². The standard InChI is InChI=1S/C50H33N/c1-32(37-18-6-5-17-36(37)31-51)27-47(48-28-34-15-3-7-20-39(34)42-23-11-13-25-44(42)48)46-30-50(41-22-10-9-19-38(41)33(46)2)49-29-35-16-4-8-21-40(35)43-24-12-14-26-45(43)49/h3-30H,1H2,2H3/b47-27+. The maximum absolute atomic E-state index is 10.1. The number of nitrogens with zero attached hydrogens (tertiary/aromatic N) is 1. The summed E-state index contributed by atoms with van der Waals surface area (Å²) >= 11 is 0. The molecule has 0 unspecified atom stereocenters. The van der Waals surface area contributed by atoms with Crippen LogP contribution in [0.2, 0.25) is 0 Å². The van der Waals surface area contributed by atoms with Gasteiger partial charge in [0, 0.05) is 0 Å². The summed E-state index contributed by atoms with van der Waals surface area (Å²) < 4.78 is 0. The summed E-state index contributed by atoms with van der Waals surface area (Å²) in [6.45, 7) is 6.83. The molecule has 0 saturated heterocycles. The molecule has 0 bridgehead atoms. The fourth-order valence-electron chi connectivity index (χ4n) is 7.99. The van der Waals surface area contributed by atoms with Gasteiger partial charge in [-0.15, -0.1) is 0 Å². The van der Waals surface area contributed by atoms with Crippen LogP contribution in [0.15, 0.2) is 176 Å². The van der Waals surface area contributed by atoms with Gasteiger partial charge in [0.1, 0.15) is 0 Å². The predicted molar refractivity (Wildman–Crippen MR) is 218 cm³/mol. The Morgan fingerprint density at radius 1 is 0.471 bits per heavy atom. The first-order valence-electron chi connectivity index (χ1n) is 17.4. The van der Waals surface area contributed by atoms with E-state index in [-0.39, 0.29) is 0 Å². The second-order valence-electron chi connectivity index (χ2n) is 13.3. The van der Waals surface area contributed by atoms with Gasteiger partial charge in [-0.25, -0.2) is 0 Å². The van der Waals surface area contributed by atoms with E-state index in [1.54, 1.807) is 0 Å². The minimum atomic E-state index is 0.611. The number of nitriles is 1. The van der Waals surface area contributed by atoms with Gasteiger partial charge >= 0.3 is 0 Å². The van der Waals surface area contributed by atoms with E-state index in [2.05, 4.69) is 165 Å². The average molecular weight is 648 g/mol. The molecule has 238 valence electrons. The van der Waals surface area contributed by atoms with Gasteiger partial charge in [0.05, 0.1) is 11.6 Å².